The lowest BCUT2D eigenvalue weighted by Crippen LogP contribution is -2.53. The van der Waals surface area contributed by atoms with Crippen LogP contribution in [0.25, 0.3) is 0 Å². The molecule has 0 aliphatic carbocycles. The summed E-state index contributed by atoms with van der Waals surface area (Å²) in [7, 11) is 0. The van der Waals surface area contributed by atoms with Gasteiger partial charge in [0.05, 0.1) is 19.8 Å². The van der Waals surface area contributed by atoms with Crippen LogP contribution >= 0.6 is 0 Å². The Hall–Kier alpha value is -0.690. The quantitative estimate of drug-likeness (QED) is 0.756. The van der Waals surface area contributed by atoms with Crippen LogP contribution < -0.4 is 5.32 Å². The maximum Gasteiger partial charge on any atom is 0.236 e. The minimum Gasteiger partial charge on any atom is -0.379 e. The molecule has 0 spiro atoms. The molecular formula is C16H30N4O2. The molecule has 6 nitrogen and oxygen atoms in total. The number of nitrogens with zero attached hydrogens (tertiary/aromatic N) is 3. The van der Waals surface area contributed by atoms with Crippen molar-refractivity contribution in [2.24, 2.45) is 5.41 Å². The molecule has 3 aliphatic heterocycles. The molecule has 0 saturated carbocycles. The molecule has 0 aromatic heterocycles. The molecule has 3 saturated heterocycles. The van der Waals surface area contributed by atoms with Crippen LogP contribution in [-0.2, 0) is 9.53 Å². The molecule has 6 heteroatoms. The number of hydrogen-bond donors (Lipinski definition) is 1. The van der Waals surface area contributed by atoms with Crippen LogP contribution in [-0.4, -0.2) is 99.3 Å². The van der Waals surface area contributed by atoms with E-state index >= 15 is 0 Å². The van der Waals surface area contributed by atoms with Crippen molar-refractivity contribution in [1.29, 1.82) is 0 Å². The van der Waals surface area contributed by atoms with Gasteiger partial charge in [0.1, 0.15) is 0 Å². The zero-order chi connectivity index (χ0) is 15.4. The highest BCUT2D eigenvalue weighted by molar-refractivity contribution is 5.78. The number of hydrogen-bond acceptors (Lipinski definition) is 5. The molecule has 0 bridgehead atoms. The summed E-state index contributed by atoms with van der Waals surface area (Å²) in [6.07, 6.45) is 1.27. The Kier molecular flexibility index (Phi) is 5.33. The standard InChI is InChI=1S/C16H30N4O2/c1-16(2-3-17-13-16)14-19-4-6-20(7-5-19)15(21)12-18-8-10-22-11-9-18/h17H,2-14H2,1H3. The highest BCUT2D eigenvalue weighted by Crippen LogP contribution is 2.26. The van der Waals surface area contributed by atoms with Gasteiger partial charge in [0.2, 0.25) is 5.91 Å². The summed E-state index contributed by atoms with van der Waals surface area (Å²) >= 11 is 0. The van der Waals surface area contributed by atoms with Gasteiger partial charge in [-0.2, -0.15) is 0 Å². The van der Waals surface area contributed by atoms with Crippen LogP contribution in [0.1, 0.15) is 13.3 Å². The molecule has 3 rings (SSSR count). The Bertz CT molecular complexity index is 370. The largest absolute Gasteiger partial charge is 0.379 e. The molecule has 3 fully saturated rings. The van der Waals surface area contributed by atoms with E-state index in [9.17, 15) is 4.79 Å². The molecule has 0 aromatic carbocycles. The van der Waals surface area contributed by atoms with Crippen LogP contribution in [0.15, 0.2) is 0 Å². The summed E-state index contributed by atoms with van der Waals surface area (Å²) < 4.78 is 5.34. The van der Waals surface area contributed by atoms with Gasteiger partial charge in [0, 0.05) is 52.4 Å². The monoisotopic (exact) mass is 310 g/mol. The zero-order valence-corrected chi connectivity index (χ0v) is 13.9. The first-order chi connectivity index (χ1) is 10.6. The van der Waals surface area contributed by atoms with Crippen molar-refractivity contribution in [1.82, 2.24) is 20.0 Å². The van der Waals surface area contributed by atoms with Gasteiger partial charge in [0.15, 0.2) is 0 Å². The number of amides is 1. The Labute approximate surface area is 133 Å². The van der Waals surface area contributed by atoms with Crippen molar-refractivity contribution in [3.05, 3.63) is 0 Å². The van der Waals surface area contributed by atoms with E-state index in [0.29, 0.717) is 12.0 Å². The first-order valence-electron chi connectivity index (χ1n) is 8.66. The van der Waals surface area contributed by atoms with Crippen molar-refractivity contribution in [2.45, 2.75) is 13.3 Å². The van der Waals surface area contributed by atoms with Gasteiger partial charge in [0.25, 0.3) is 0 Å². The fourth-order valence-corrected chi connectivity index (χ4v) is 3.75. The van der Waals surface area contributed by atoms with Gasteiger partial charge in [-0.05, 0) is 18.4 Å². The van der Waals surface area contributed by atoms with Crippen LogP contribution in [0, 0.1) is 5.41 Å². The number of carbonyl (C=O) groups is 1. The maximum atomic E-state index is 12.4. The number of ether oxygens (including phenoxy) is 1. The van der Waals surface area contributed by atoms with E-state index in [0.717, 1.165) is 72.1 Å². The van der Waals surface area contributed by atoms with E-state index in [4.69, 9.17) is 4.74 Å². The van der Waals surface area contributed by atoms with Crippen LogP contribution in [0.5, 0.6) is 0 Å². The third kappa shape index (κ3) is 4.19. The van der Waals surface area contributed by atoms with E-state index in [1.165, 1.54) is 6.42 Å². The van der Waals surface area contributed by atoms with Crippen molar-refractivity contribution in [3.63, 3.8) is 0 Å². The predicted molar refractivity (Wildman–Crippen MR) is 85.9 cm³/mol. The SMILES string of the molecule is CC1(CN2CCN(C(=O)CN3CCOCC3)CC2)CCNC1. The maximum absolute atomic E-state index is 12.4. The molecule has 1 N–H and O–H groups in total. The van der Waals surface area contributed by atoms with Crippen molar-refractivity contribution in [3.8, 4) is 0 Å². The Balaban J connectivity index is 1.40. The van der Waals surface area contributed by atoms with Gasteiger partial charge < -0.3 is 15.0 Å². The Morgan fingerprint density at radius 1 is 1.09 bits per heavy atom. The molecular weight excluding hydrogens is 280 g/mol. The third-order valence-electron chi connectivity index (χ3n) is 5.25. The first kappa shape index (κ1) is 16.2. The topological polar surface area (TPSA) is 48.0 Å². The summed E-state index contributed by atoms with van der Waals surface area (Å²) in [6, 6.07) is 0. The summed E-state index contributed by atoms with van der Waals surface area (Å²) in [6.45, 7) is 13.5. The van der Waals surface area contributed by atoms with Crippen molar-refractivity contribution < 1.29 is 9.53 Å². The highest BCUT2D eigenvalue weighted by atomic mass is 16.5. The van der Waals surface area contributed by atoms with E-state index in [1.807, 2.05) is 4.90 Å². The van der Waals surface area contributed by atoms with Gasteiger partial charge in [-0.1, -0.05) is 6.92 Å². The number of carbonyl (C=O) groups excluding carboxylic acids is 1. The fourth-order valence-electron chi connectivity index (χ4n) is 3.75. The van der Waals surface area contributed by atoms with E-state index in [2.05, 4.69) is 22.0 Å². The van der Waals surface area contributed by atoms with Gasteiger partial charge in [-0.15, -0.1) is 0 Å². The number of nitrogens with one attached hydrogen (secondary N) is 1. The van der Waals surface area contributed by atoms with Crippen LogP contribution in [0.3, 0.4) is 0 Å². The Morgan fingerprint density at radius 3 is 2.45 bits per heavy atom. The minimum absolute atomic E-state index is 0.287. The van der Waals surface area contributed by atoms with Gasteiger partial charge >= 0.3 is 0 Å². The lowest BCUT2D eigenvalue weighted by molar-refractivity contribution is -0.135. The highest BCUT2D eigenvalue weighted by Gasteiger charge is 2.32. The smallest absolute Gasteiger partial charge is 0.236 e. The predicted octanol–water partition coefficient (Wildman–Crippen LogP) is -0.538. The van der Waals surface area contributed by atoms with Crippen LogP contribution in [0.2, 0.25) is 0 Å². The lowest BCUT2D eigenvalue weighted by Gasteiger charge is -2.39. The number of piperazine rings is 1. The zero-order valence-electron chi connectivity index (χ0n) is 13.9. The van der Waals surface area contributed by atoms with Crippen molar-refractivity contribution in [2.75, 3.05) is 78.7 Å². The first-order valence-corrected chi connectivity index (χ1v) is 8.66. The molecule has 0 aromatic rings. The number of morpholine rings is 1. The second-order valence-electron chi connectivity index (χ2n) is 7.28. The van der Waals surface area contributed by atoms with E-state index < -0.39 is 0 Å². The number of rotatable bonds is 4. The molecule has 126 valence electrons. The lowest BCUT2D eigenvalue weighted by atomic mass is 9.89. The summed E-state index contributed by atoms with van der Waals surface area (Å²) in [4.78, 5) is 19.2. The van der Waals surface area contributed by atoms with Gasteiger partial charge in [-0.3, -0.25) is 14.6 Å². The van der Waals surface area contributed by atoms with E-state index in [1.54, 1.807) is 0 Å². The summed E-state index contributed by atoms with van der Waals surface area (Å²) in [5, 5.41) is 3.47. The average Bonchev–Trinajstić information content (AvgIpc) is 2.95. The third-order valence-corrected chi connectivity index (χ3v) is 5.25. The Morgan fingerprint density at radius 2 is 1.82 bits per heavy atom. The van der Waals surface area contributed by atoms with Gasteiger partial charge in [-0.25, -0.2) is 0 Å². The molecule has 22 heavy (non-hydrogen) atoms. The average molecular weight is 310 g/mol. The normalized spacial score (nSPS) is 31.6. The second kappa shape index (κ2) is 7.25. The molecule has 1 amide bonds. The summed E-state index contributed by atoms with van der Waals surface area (Å²) in [5.74, 6) is 0.287. The van der Waals surface area contributed by atoms with Crippen molar-refractivity contribution >= 4 is 5.91 Å². The molecule has 1 unspecified atom stereocenters. The molecule has 0 radical (unpaired) electrons. The molecule has 1 atom stereocenters. The fraction of sp³-hybridized carbons (Fsp3) is 0.938. The minimum atomic E-state index is 0.287. The van der Waals surface area contributed by atoms with E-state index in [-0.39, 0.29) is 5.91 Å². The van der Waals surface area contributed by atoms with Crippen LogP contribution in [0.4, 0.5) is 0 Å². The molecule has 3 heterocycles. The summed E-state index contributed by atoms with van der Waals surface area (Å²) in [5.41, 5.74) is 0.417. The second-order valence-corrected chi connectivity index (χ2v) is 7.28. The molecule has 3 aliphatic rings.